The molecule has 1 rings (SSSR count). The summed E-state index contributed by atoms with van der Waals surface area (Å²) in [6, 6.07) is 4.97. The second kappa shape index (κ2) is 7.10. The fraction of sp³-hybridized carbons (Fsp3) is 0.364. The van der Waals surface area contributed by atoms with Crippen molar-refractivity contribution in [3.63, 3.8) is 0 Å². The summed E-state index contributed by atoms with van der Waals surface area (Å²) in [6.45, 7) is 0.467. The van der Waals surface area contributed by atoms with Crippen LogP contribution in [0.3, 0.4) is 0 Å². The molecule has 6 heteroatoms. The molecule has 0 fully saturated rings. The van der Waals surface area contributed by atoms with Crippen molar-refractivity contribution >= 4 is 43.5 Å². The van der Waals surface area contributed by atoms with E-state index >= 15 is 0 Å². The minimum atomic E-state index is -0.569. The number of methoxy groups -OCH3 is 1. The molecule has 0 spiro atoms. The molecule has 0 radical (unpaired) electrons. The van der Waals surface area contributed by atoms with Gasteiger partial charge in [-0.2, -0.15) is 0 Å². The number of rotatable bonds is 5. The first kappa shape index (κ1) is 14.6. The van der Waals surface area contributed by atoms with E-state index in [2.05, 4.69) is 37.2 Å². The maximum absolute atomic E-state index is 11.8. The van der Waals surface area contributed by atoms with Gasteiger partial charge < -0.3 is 15.8 Å². The van der Waals surface area contributed by atoms with Crippen LogP contribution in [-0.2, 0) is 9.53 Å². The van der Waals surface area contributed by atoms with Gasteiger partial charge in [-0.15, -0.1) is 0 Å². The predicted molar refractivity (Wildman–Crippen MR) is 74.9 cm³/mol. The van der Waals surface area contributed by atoms with E-state index in [1.807, 2.05) is 18.2 Å². The van der Waals surface area contributed by atoms with Crippen LogP contribution in [0, 0.1) is 0 Å². The van der Waals surface area contributed by atoms with E-state index in [1.54, 1.807) is 7.11 Å². The van der Waals surface area contributed by atoms with E-state index in [4.69, 9.17) is 10.5 Å². The largest absolute Gasteiger partial charge is 0.385 e. The SMILES string of the molecule is COCCC(N)C(=O)Nc1cc(Br)ccc1Br. The molecule has 1 atom stereocenters. The normalized spacial score (nSPS) is 12.2. The molecule has 0 aliphatic carbocycles. The number of carbonyl (C=O) groups excluding carboxylic acids is 1. The van der Waals surface area contributed by atoms with Gasteiger partial charge in [-0.3, -0.25) is 4.79 Å². The highest BCUT2D eigenvalue weighted by Crippen LogP contribution is 2.26. The van der Waals surface area contributed by atoms with Crippen LogP contribution in [0.25, 0.3) is 0 Å². The highest BCUT2D eigenvalue weighted by atomic mass is 79.9. The van der Waals surface area contributed by atoms with Gasteiger partial charge >= 0.3 is 0 Å². The monoisotopic (exact) mass is 364 g/mol. The number of nitrogens with one attached hydrogen (secondary N) is 1. The Bertz CT molecular complexity index is 399. The topological polar surface area (TPSA) is 64.3 Å². The molecule has 4 nitrogen and oxygen atoms in total. The fourth-order valence-corrected chi connectivity index (χ4v) is 1.90. The molecule has 17 heavy (non-hydrogen) atoms. The van der Waals surface area contributed by atoms with E-state index in [1.165, 1.54) is 0 Å². The Kier molecular flexibility index (Phi) is 6.11. The van der Waals surface area contributed by atoms with E-state index < -0.39 is 6.04 Å². The van der Waals surface area contributed by atoms with Gasteiger partial charge in [0, 0.05) is 22.7 Å². The third kappa shape index (κ3) is 4.75. The van der Waals surface area contributed by atoms with Gasteiger partial charge in [0.25, 0.3) is 0 Å². The lowest BCUT2D eigenvalue weighted by molar-refractivity contribution is -0.117. The fourth-order valence-electron chi connectivity index (χ4n) is 1.19. The van der Waals surface area contributed by atoms with Crippen molar-refractivity contribution < 1.29 is 9.53 Å². The number of anilines is 1. The highest BCUT2D eigenvalue weighted by Gasteiger charge is 2.14. The second-order valence-electron chi connectivity index (χ2n) is 3.50. The lowest BCUT2D eigenvalue weighted by atomic mass is 10.2. The van der Waals surface area contributed by atoms with Gasteiger partial charge in [0.1, 0.15) is 0 Å². The Hall–Kier alpha value is -0.430. The van der Waals surface area contributed by atoms with Gasteiger partial charge in [0.05, 0.1) is 11.7 Å². The van der Waals surface area contributed by atoms with Gasteiger partial charge in [0.15, 0.2) is 0 Å². The number of ether oxygens (including phenoxy) is 1. The first-order valence-corrected chi connectivity index (χ1v) is 6.63. The predicted octanol–water partition coefficient (Wildman–Crippen LogP) is 2.51. The van der Waals surface area contributed by atoms with Gasteiger partial charge in [-0.1, -0.05) is 15.9 Å². The molecule has 1 aromatic rings. The maximum atomic E-state index is 11.8. The van der Waals surface area contributed by atoms with E-state index in [0.717, 1.165) is 8.95 Å². The van der Waals surface area contributed by atoms with Gasteiger partial charge in [-0.05, 0) is 40.5 Å². The third-order valence-electron chi connectivity index (χ3n) is 2.16. The molecular weight excluding hydrogens is 352 g/mol. The number of hydrogen-bond donors (Lipinski definition) is 2. The van der Waals surface area contributed by atoms with E-state index in [9.17, 15) is 4.79 Å². The molecule has 0 saturated heterocycles. The number of halogens is 2. The van der Waals surface area contributed by atoms with Crippen molar-refractivity contribution in [1.82, 2.24) is 0 Å². The Morgan fingerprint density at radius 3 is 2.88 bits per heavy atom. The summed E-state index contributed by atoms with van der Waals surface area (Å²) >= 11 is 6.70. The molecular formula is C11H14Br2N2O2. The van der Waals surface area contributed by atoms with Crippen molar-refractivity contribution in [1.29, 1.82) is 0 Å². The molecule has 1 amide bonds. The minimum absolute atomic E-state index is 0.221. The van der Waals surface area contributed by atoms with Crippen molar-refractivity contribution in [3.05, 3.63) is 27.1 Å². The Morgan fingerprint density at radius 1 is 1.53 bits per heavy atom. The molecule has 94 valence electrons. The smallest absolute Gasteiger partial charge is 0.241 e. The highest BCUT2D eigenvalue weighted by molar-refractivity contribution is 9.11. The minimum Gasteiger partial charge on any atom is -0.385 e. The quantitative estimate of drug-likeness (QED) is 0.842. The summed E-state index contributed by atoms with van der Waals surface area (Å²) in [4.78, 5) is 11.8. The van der Waals surface area contributed by atoms with Crippen LogP contribution in [0.15, 0.2) is 27.1 Å². The lowest BCUT2D eigenvalue weighted by Crippen LogP contribution is -2.36. The molecule has 1 unspecified atom stereocenters. The summed E-state index contributed by atoms with van der Waals surface area (Å²) < 4.78 is 6.58. The van der Waals surface area contributed by atoms with Crippen LogP contribution in [0.4, 0.5) is 5.69 Å². The number of nitrogens with two attached hydrogens (primary N) is 1. The Morgan fingerprint density at radius 2 is 2.24 bits per heavy atom. The van der Waals surface area contributed by atoms with Crippen molar-refractivity contribution in [2.75, 3.05) is 19.0 Å². The zero-order chi connectivity index (χ0) is 12.8. The molecule has 3 N–H and O–H groups in total. The maximum Gasteiger partial charge on any atom is 0.241 e. The number of carbonyl (C=O) groups is 1. The van der Waals surface area contributed by atoms with E-state index in [-0.39, 0.29) is 5.91 Å². The van der Waals surface area contributed by atoms with Crippen molar-refractivity contribution in [2.45, 2.75) is 12.5 Å². The molecule has 0 saturated carbocycles. The van der Waals surface area contributed by atoms with Crippen molar-refractivity contribution in [2.24, 2.45) is 5.73 Å². The summed E-state index contributed by atoms with van der Waals surface area (Å²) in [5.41, 5.74) is 6.41. The van der Waals surface area contributed by atoms with Crippen LogP contribution >= 0.6 is 31.9 Å². The standard InChI is InChI=1S/C11H14Br2N2O2/c1-17-5-4-9(14)11(16)15-10-6-7(12)2-3-8(10)13/h2-3,6,9H,4-5,14H2,1H3,(H,15,16). The Labute approximate surface area is 117 Å². The summed E-state index contributed by atoms with van der Waals surface area (Å²) in [5, 5.41) is 2.76. The molecule has 0 heterocycles. The summed E-state index contributed by atoms with van der Waals surface area (Å²) in [5.74, 6) is -0.221. The second-order valence-corrected chi connectivity index (χ2v) is 5.27. The Balaban J connectivity index is 2.64. The molecule has 0 aromatic heterocycles. The van der Waals surface area contributed by atoms with Crippen molar-refractivity contribution in [3.8, 4) is 0 Å². The number of benzene rings is 1. The first-order valence-electron chi connectivity index (χ1n) is 5.05. The van der Waals surface area contributed by atoms with Gasteiger partial charge in [-0.25, -0.2) is 0 Å². The third-order valence-corrected chi connectivity index (χ3v) is 3.34. The van der Waals surface area contributed by atoms with Crippen LogP contribution in [-0.4, -0.2) is 25.7 Å². The van der Waals surface area contributed by atoms with Crippen LogP contribution in [0.2, 0.25) is 0 Å². The van der Waals surface area contributed by atoms with Crippen LogP contribution in [0.1, 0.15) is 6.42 Å². The molecule has 0 aliphatic heterocycles. The zero-order valence-corrected chi connectivity index (χ0v) is 12.5. The lowest BCUT2D eigenvalue weighted by Gasteiger charge is -2.13. The molecule has 1 aromatic carbocycles. The number of hydrogen-bond acceptors (Lipinski definition) is 3. The average molecular weight is 366 g/mol. The van der Waals surface area contributed by atoms with Crippen LogP contribution < -0.4 is 11.1 Å². The zero-order valence-electron chi connectivity index (χ0n) is 9.37. The molecule has 0 bridgehead atoms. The first-order chi connectivity index (χ1) is 8.04. The van der Waals surface area contributed by atoms with Crippen LogP contribution in [0.5, 0.6) is 0 Å². The van der Waals surface area contributed by atoms with Gasteiger partial charge in [0.2, 0.25) is 5.91 Å². The summed E-state index contributed by atoms with van der Waals surface area (Å²) in [6.07, 6.45) is 0.494. The number of amides is 1. The van der Waals surface area contributed by atoms with E-state index in [0.29, 0.717) is 18.7 Å². The average Bonchev–Trinajstić information content (AvgIpc) is 2.30. The summed E-state index contributed by atoms with van der Waals surface area (Å²) in [7, 11) is 1.58. The molecule has 0 aliphatic rings.